The molecule has 20 heavy (non-hydrogen) atoms. The molecule has 1 aromatic carbocycles. The number of pyridine rings is 1. The highest BCUT2D eigenvalue weighted by molar-refractivity contribution is 7.22. The van der Waals surface area contributed by atoms with E-state index in [0.29, 0.717) is 11.4 Å². The summed E-state index contributed by atoms with van der Waals surface area (Å²) in [6.45, 7) is -0.0764. The van der Waals surface area contributed by atoms with E-state index in [9.17, 15) is 0 Å². The zero-order chi connectivity index (χ0) is 13.8. The molecule has 0 unspecified atom stereocenters. The maximum Gasteiger partial charge on any atom is 0.204 e. The van der Waals surface area contributed by atoms with Crippen LogP contribution >= 0.6 is 11.3 Å². The van der Waals surface area contributed by atoms with Gasteiger partial charge in [0.2, 0.25) is 5.13 Å². The van der Waals surface area contributed by atoms with Gasteiger partial charge in [-0.1, -0.05) is 29.5 Å². The van der Waals surface area contributed by atoms with E-state index in [2.05, 4.69) is 20.5 Å². The molecule has 5 nitrogen and oxygen atoms in total. The highest BCUT2D eigenvalue weighted by atomic mass is 32.1. The van der Waals surface area contributed by atoms with Crippen LogP contribution in [-0.4, -0.2) is 21.3 Å². The lowest BCUT2D eigenvalue weighted by Gasteiger charge is -1.96. The average Bonchev–Trinajstić information content (AvgIpc) is 2.90. The number of hydrogen-bond acceptors (Lipinski definition) is 6. The second-order valence-electron chi connectivity index (χ2n) is 4.07. The summed E-state index contributed by atoms with van der Waals surface area (Å²) in [5, 5.41) is 13.9. The van der Waals surface area contributed by atoms with Gasteiger partial charge in [0.15, 0.2) is 0 Å². The standard InChI is InChI=1S/C14H12N4OS/c19-9-11-5-3-4-10(16-11)8-15-18-14-17-12-6-1-2-7-13(12)20-14/h1-8,19H,9H2,(H,17,18)/b15-8+. The molecule has 0 fully saturated rings. The molecule has 0 amide bonds. The second-order valence-corrected chi connectivity index (χ2v) is 5.10. The number of hydrogen-bond donors (Lipinski definition) is 2. The Balaban J connectivity index is 1.73. The van der Waals surface area contributed by atoms with E-state index in [-0.39, 0.29) is 6.61 Å². The number of hydrazone groups is 1. The van der Waals surface area contributed by atoms with Gasteiger partial charge in [0.1, 0.15) is 0 Å². The average molecular weight is 284 g/mol. The van der Waals surface area contributed by atoms with E-state index in [1.165, 1.54) is 0 Å². The van der Waals surface area contributed by atoms with Crippen LogP contribution < -0.4 is 5.43 Å². The third-order valence-corrected chi connectivity index (χ3v) is 3.58. The third-order valence-electron chi connectivity index (χ3n) is 2.64. The fraction of sp³-hybridized carbons (Fsp3) is 0.0714. The number of thiazole rings is 1. The first-order chi connectivity index (χ1) is 9.85. The molecule has 6 heteroatoms. The number of benzene rings is 1. The molecule has 3 aromatic rings. The number of aliphatic hydroxyl groups is 1. The Morgan fingerprint density at radius 2 is 2.05 bits per heavy atom. The van der Waals surface area contributed by atoms with Gasteiger partial charge in [-0.3, -0.25) is 5.43 Å². The zero-order valence-corrected chi connectivity index (χ0v) is 11.3. The van der Waals surface area contributed by atoms with Crippen LogP contribution in [-0.2, 0) is 6.61 Å². The maximum atomic E-state index is 9.02. The molecule has 0 aliphatic carbocycles. The summed E-state index contributed by atoms with van der Waals surface area (Å²) >= 11 is 1.54. The predicted octanol–water partition coefficient (Wildman–Crippen LogP) is 2.63. The molecule has 0 saturated carbocycles. The van der Waals surface area contributed by atoms with Crippen molar-refractivity contribution in [1.29, 1.82) is 0 Å². The Kier molecular flexibility index (Phi) is 3.67. The van der Waals surface area contributed by atoms with Crippen molar-refractivity contribution in [2.24, 2.45) is 5.10 Å². The summed E-state index contributed by atoms with van der Waals surface area (Å²) in [4.78, 5) is 8.62. The van der Waals surface area contributed by atoms with Crippen molar-refractivity contribution in [1.82, 2.24) is 9.97 Å². The van der Waals surface area contributed by atoms with Gasteiger partial charge in [-0.15, -0.1) is 0 Å². The molecule has 0 atom stereocenters. The van der Waals surface area contributed by atoms with Crippen LogP contribution in [0.5, 0.6) is 0 Å². The van der Waals surface area contributed by atoms with Gasteiger partial charge in [0.25, 0.3) is 0 Å². The summed E-state index contributed by atoms with van der Waals surface area (Å²) in [6.07, 6.45) is 1.60. The first-order valence-corrected chi connectivity index (χ1v) is 6.88. The molecule has 0 aliphatic rings. The summed E-state index contributed by atoms with van der Waals surface area (Å²) in [5.41, 5.74) is 5.15. The molecule has 3 rings (SSSR count). The number of aliphatic hydroxyl groups excluding tert-OH is 1. The molecule has 2 heterocycles. The predicted molar refractivity (Wildman–Crippen MR) is 81.0 cm³/mol. The summed E-state index contributed by atoms with van der Waals surface area (Å²) < 4.78 is 1.12. The molecule has 0 aliphatic heterocycles. The minimum absolute atomic E-state index is 0.0764. The normalized spacial score (nSPS) is 11.2. The number of nitrogens with zero attached hydrogens (tertiary/aromatic N) is 3. The highest BCUT2D eigenvalue weighted by Gasteiger charge is 2.00. The van der Waals surface area contributed by atoms with E-state index >= 15 is 0 Å². The van der Waals surface area contributed by atoms with Gasteiger partial charge < -0.3 is 5.11 Å². The molecule has 2 aromatic heterocycles. The van der Waals surface area contributed by atoms with E-state index in [1.54, 1.807) is 23.6 Å². The minimum Gasteiger partial charge on any atom is -0.390 e. The van der Waals surface area contributed by atoms with Crippen LogP contribution in [0.25, 0.3) is 10.2 Å². The van der Waals surface area contributed by atoms with Crippen molar-refractivity contribution in [2.75, 3.05) is 5.43 Å². The van der Waals surface area contributed by atoms with Crippen molar-refractivity contribution in [3.05, 3.63) is 53.9 Å². The fourth-order valence-corrected chi connectivity index (χ4v) is 2.55. The SMILES string of the molecule is OCc1cccc(/C=N/Nc2nc3ccccc3s2)n1. The Morgan fingerprint density at radius 3 is 2.90 bits per heavy atom. The Morgan fingerprint density at radius 1 is 1.15 bits per heavy atom. The number of aromatic nitrogens is 2. The summed E-state index contributed by atoms with van der Waals surface area (Å²) in [6, 6.07) is 13.3. The lowest BCUT2D eigenvalue weighted by molar-refractivity contribution is 0.277. The molecule has 0 spiro atoms. The Bertz CT molecular complexity index is 721. The van der Waals surface area contributed by atoms with Crippen molar-refractivity contribution in [2.45, 2.75) is 6.61 Å². The van der Waals surface area contributed by atoms with Crippen LogP contribution in [0, 0.1) is 0 Å². The van der Waals surface area contributed by atoms with Crippen LogP contribution in [0.1, 0.15) is 11.4 Å². The minimum atomic E-state index is -0.0764. The van der Waals surface area contributed by atoms with E-state index in [1.807, 2.05) is 36.4 Å². The fourth-order valence-electron chi connectivity index (χ4n) is 1.73. The summed E-state index contributed by atoms with van der Waals surface area (Å²) in [5.74, 6) is 0. The monoisotopic (exact) mass is 284 g/mol. The van der Waals surface area contributed by atoms with E-state index in [4.69, 9.17) is 5.11 Å². The number of rotatable bonds is 4. The topological polar surface area (TPSA) is 70.4 Å². The lowest BCUT2D eigenvalue weighted by atomic mass is 10.3. The van der Waals surface area contributed by atoms with Gasteiger partial charge in [-0.25, -0.2) is 9.97 Å². The molecule has 0 saturated heterocycles. The van der Waals surface area contributed by atoms with Gasteiger partial charge in [-0.05, 0) is 24.3 Å². The van der Waals surface area contributed by atoms with Crippen LogP contribution in [0.4, 0.5) is 5.13 Å². The Hall–Kier alpha value is -2.31. The van der Waals surface area contributed by atoms with Gasteiger partial charge in [0, 0.05) is 0 Å². The highest BCUT2D eigenvalue weighted by Crippen LogP contribution is 2.25. The van der Waals surface area contributed by atoms with Crippen molar-refractivity contribution >= 4 is 32.9 Å². The van der Waals surface area contributed by atoms with Crippen molar-refractivity contribution < 1.29 is 5.11 Å². The summed E-state index contributed by atoms with van der Waals surface area (Å²) in [7, 11) is 0. The van der Waals surface area contributed by atoms with Crippen molar-refractivity contribution in [3.63, 3.8) is 0 Å². The first-order valence-electron chi connectivity index (χ1n) is 6.06. The molecule has 0 radical (unpaired) electrons. The van der Waals surface area contributed by atoms with E-state index in [0.717, 1.165) is 15.3 Å². The molecule has 2 N–H and O–H groups in total. The molecular formula is C14H12N4OS. The first kappa shape index (κ1) is 12.7. The lowest BCUT2D eigenvalue weighted by Crippen LogP contribution is -1.95. The van der Waals surface area contributed by atoms with Crippen LogP contribution in [0.2, 0.25) is 0 Å². The number of para-hydroxylation sites is 1. The van der Waals surface area contributed by atoms with Gasteiger partial charge in [0.05, 0.1) is 34.4 Å². The van der Waals surface area contributed by atoms with Crippen molar-refractivity contribution in [3.8, 4) is 0 Å². The quantitative estimate of drug-likeness (QED) is 0.571. The van der Waals surface area contributed by atoms with E-state index < -0.39 is 0 Å². The molecular weight excluding hydrogens is 272 g/mol. The smallest absolute Gasteiger partial charge is 0.204 e. The number of anilines is 1. The third kappa shape index (κ3) is 2.81. The molecule has 100 valence electrons. The van der Waals surface area contributed by atoms with Crippen LogP contribution in [0.3, 0.4) is 0 Å². The largest absolute Gasteiger partial charge is 0.390 e. The maximum absolute atomic E-state index is 9.02. The van der Waals surface area contributed by atoms with Gasteiger partial charge >= 0.3 is 0 Å². The molecule has 0 bridgehead atoms. The van der Waals surface area contributed by atoms with Gasteiger partial charge in [-0.2, -0.15) is 5.10 Å². The second kappa shape index (κ2) is 5.77. The Labute approximate surface area is 119 Å². The number of nitrogens with one attached hydrogen (secondary N) is 1. The van der Waals surface area contributed by atoms with Crippen LogP contribution in [0.15, 0.2) is 47.6 Å². The zero-order valence-electron chi connectivity index (χ0n) is 10.5. The number of fused-ring (bicyclic) bond motifs is 1.